The number of carbonyl (C=O) groups excluding carboxylic acids is 2. The van der Waals surface area contributed by atoms with E-state index in [-0.39, 0.29) is 30.3 Å². The van der Waals surface area contributed by atoms with E-state index in [0.717, 1.165) is 25.8 Å². The minimum atomic E-state index is -1.16. The third kappa shape index (κ3) is 5.46. The molecule has 1 aliphatic carbocycles. The highest BCUT2D eigenvalue weighted by Crippen LogP contribution is 2.44. The fraction of sp³-hybridized carbons (Fsp3) is 0.192. The zero-order valence-electron chi connectivity index (χ0n) is 18.8. The number of carbonyl (C=O) groups is 3. The summed E-state index contributed by atoms with van der Waals surface area (Å²) in [6.45, 7) is 0.000107. The van der Waals surface area contributed by atoms with Crippen molar-refractivity contribution in [3.8, 4) is 11.1 Å². The molecule has 0 radical (unpaired) electrons. The Bertz CT molecular complexity index is 1230. The number of rotatable bonds is 8. The fourth-order valence-corrected chi connectivity index (χ4v) is 4.62. The molecule has 1 unspecified atom stereocenters. The predicted octanol–water partition coefficient (Wildman–Crippen LogP) is 4.48. The van der Waals surface area contributed by atoms with Gasteiger partial charge in [-0.05, 0) is 63.0 Å². The van der Waals surface area contributed by atoms with E-state index >= 15 is 0 Å². The van der Waals surface area contributed by atoms with Crippen molar-refractivity contribution in [1.82, 2.24) is 5.32 Å². The van der Waals surface area contributed by atoms with Crippen LogP contribution in [0.15, 0.2) is 66.7 Å². The molecule has 0 saturated heterocycles. The number of halogens is 1. The number of methoxy groups -OCH3 is 1. The Hall–Kier alpha value is -3.44. The molecule has 180 valence electrons. The van der Waals surface area contributed by atoms with Crippen LogP contribution in [0.4, 0.5) is 10.5 Å². The van der Waals surface area contributed by atoms with Crippen LogP contribution in [0.1, 0.15) is 27.4 Å². The van der Waals surface area contributed by atoms with Gasteiger partial charge in [0.2, 0.25) is 0 Å². The van der Waals surface area contributed by atoms with Crippen LogP contribution < -0.4 is 10.6 Å². The third-order valence-electron chi connectivity index (χ3n) is 5.82. The Morgan fingerprint density at radius 3 is 2.23 bits per heavy atom. The summed E-state index contributed by atoms with van der Waals surface area (Å²) in [6, 6.07) is 20.7. The number of amides is 2. The van der Waals surface area contributed by atoms with Gasteiger partial charge in [0.05, 0.1) is 17.8 Å². The van der Waals surface area contributed by atoms with Crippen LogP contribution in [0.5, 0.6) is 0 Å². The molecular weight excluding hydrogens is 563 g/mol. The Morgan fingerprint density at radius 1 is 1.00 bits per heavy atom. The maximum absolute atomic E-state index is 12.6. The highest BCUT2D eigenvalue weighted by atomic mass is 127. The average Bonchev–Trinajstić information content (AvgIpc) is 3.18. The molecule has 0 aromatic heterocycles. The minimum Gasteiger partial charge on any atom is -0.478 e. The second-order valence-corrected chi connectivity index (χ2v) is 9.16. The van der Waals surface area contributed by atoms with Crippen LogP contribution in [-0.2, 0) is 14.3 Å². The molecule has 8 nitrogen and oxygen atoms in total. The SMILES string of the molecule is COC(CNC(=O)OCC1c2ccccc2-c2ccccc21)C(=O)Nc1ccc(I)cc1C(=O)O. The van der Waals surface area contributed by atoms with Gasteiger partial charge in [-0.2, -0.15) is 0 Å². The number of ether oxygens (including phenoxy) is 2. The van der Waals surface area contributed by atoms with Crippen molar-refractivity contribution in [2.24, 2.45) is 0 Å². The van der Waals surface area contributed by atoms with Gasteiger partial charge in [0, 0.05) is 16.6 Å². The van der Waals surface area contributed by atoms with E-state index in [0.29, 0.717) is 0 Å². The number of alkyl carbamates (subject to hydrolysis) is 1. The average molecular weight is 586 g/mol. The van der Waals surface area contributed by atoms with Gasteiger partial charge in [-0.15, -0.1) is 0 Å². The summed E-state index contributed by atoms with van der Waals surface area (Å²) in [5.74, 6) is -1.83. The van der Waals surface area contributed by atoms with E-state index in [9.17, 15) is 19.5 Å². The fourth-order valence-electron chi connectivity index (χ4n) is 4.12. The zero-order chi connectivity index (χ0) is 24.9. The van der Waals surface area contributed by atoms with Gasteiger partial charge in [0.25, 0.3) is 5.91 Å². The van der Waals surface area contributed by atoms with E-state index < -0.39 is 24.1 Å². The first kappa shape index (κ1) is 24.7. The number of hydrogen-bond acceptors (Lipinski definition) is 5. The molecule has 4 rings (SSSR count). The van der Waals surface area contributed by atoms with Gasteiger partial charge in [0.1, 0.15) is 6.61 Å². The molecule has 3 aromatic carbocycles. The number of aromatic carboxylic acids is 1. The number of anilines is 1. The van der Waals surface area contributed by atoms with Crippen LogP contribution in [0, 0.1) is 3.57 Å². The number of nitrogens with one attached hydrogen (secondary N) is 2. The topological polar surface area (TPSA) is 114 Å². The number of hydrogen-bond donors (Lipinski definition) is 3. The molecule has 0 bridgehead atoms. The Morgan fingerprint density at radius 2 is 1.63 bits per heavy atom. The van der Waals surface area contributed by atoms with Gasteiger partial charge < -0.3 is 25.2 Å². The van der Waals surface area contributed by atoms with Crippen molar-refractivity contribution in [1.29, 1.82) is 0 Å². The molecule has 0 fully saturated rings. The van der Waals surface area contributed by atoms with Crippen molar-refractivity contribution in [3.63, 3.8) is 0 Å². The van der Waals surface area contributed by atoms with Crippen LogP contribution in [0.2, 0.25) is 0 Å². The standard InChI is InChI=1S/C26H23IN2O6/c1-34-23(24(30)29-22-11-10-15(27)12-20(22)25(31)32)13-28-26(33)35-14-21-18-8-4-2-6-16(18)17-7-3-5-9-19(17)21/h2-12,21,23H,13-14H2,1H3,(H,28,33)(H,29,30)(H,31,32). The van der Waals surface area contributed by atoms with Gasteiger partial charge in [-0.1, -0.05) is 48.5 Å². The van der Waals surface area contributed by atoms with Crippen molar-refractivity contribution < 1.29 is 29.0 Å². The Balaban J connectivity index is 1.35. The molecule has 9 heteroatoms. The normalized spacial score (nSPS) is 12.9. The van der Waals surface area contributed by atoms with Crippen LogP contribution in [0.3, 0.4) is 0 Å². The van der Waals surface area contributed by atoms with Crippen molar-refractivity contribution in [3.05, 3.63) is 87.0 Å². The molecule has 0 aliphatic heterocycles. The molecule has 2 amide bonds. The van der Waals surface area contributed by atoms with E-state index in [4.69, 9.17) is 9.47 Å². The van der Waals surface area contributed by atoms with E-state index in [1.807, 2.05) is 59.0 Å². The summed E-state index contributed by atoms with van der Waals surface area (Å²) < 4.78 is 11.4. The van der Waals surface area contributed by atoms with E-state index in [2.05, 4.69) is 22.8 Å². The first-order valence-electron chi connectivity index (χ1n) is 10.8. The second-order valence-electron chi connectivity index (χ2n) is 7.92. The van der Waals surface area contributed by atoms with Crippen molar-refractivity contribution >= 4 is 46.2 Å². The Labute approximate surface area is 215 Å². The molecule has 0 saturated carbocycles. The van der Waals surface area contributed by atoms with Crippen molar-refractivity contribution in [2.45, 2.75) is 12.0 Å². The lowest BCUT2D eigenvalue weighted by molar-refractivity contribution is -0.125. The summed E-state index contributed by atoms with van der Waals surface area (Å²) >= 11 is 1.99. The Kier molecular flexibility index (Phi) is 7.67. The van der Waals surface area contributed by atoms with E-state index in [1.54, 1.807) is 6.07 Å². The van der Waals surface area contributed by atoms with Crippen LogP contribution in [0.25, 0.3) is 11.1 Å². The molecular formula is C26H23IN2O6. The first-order chi connectivity index (χ1) is 16.9. The molecule has 1 aliphatic rings. The third-order valence-corrected chi connectivity index (χ3v) is 6.49. The molecule has 3 aromatic rings. The summed E-state index contributed by atoms with van der Waals surface area (Å²) in [5.41, 5.74) is 4.56. The van der Waals surface area contributed by atoms with Crippen LogP contribution >= 0.6 is 22.6 Å². The number of carboxylic acids is 1. The smallest absolute Gasteiger partial charge is 0.407 e. The molecule has 0 spiro atoms. The largest absolute Gasteiger partial charge is 0.478 e. The summed E-state index contributed by atoms with van der Waals surface area (Å²) in [4.78, 5) is 36.5. The lowest BCUT2D eigenvalue weighted by Crippen LogP contribution is -2.41. The van der Waals surface area contributed by atoms with Gasteiger partial charge in [0.15, 0.2) is 6.10 Å². The zero-order valence-corrected chi connectivity index (χ0v) is 20.9. The highest BCUT2D eigenvalue weighted by Gasteiger charge is 2.29. The molecule has 3 N–H and O–H groups in total. The van der Waals surface area contributed by atoms with Crippen molar-refractivity contribution in [2.75, 3.05) is 25.6 Å². The van der Waals surface area contributed by atoms with Crippen LogP contribution in [-0.4, -0.2) is 49.4 Å². The maximum atomic E-state index is 12.6. The molecule has 35 heavy (non-hydrogen) atoms. The highest BCUT2D eigenvalue weighted by molar-refractivity contribution is 14.1. The monoisotopic (exact) mass is 586 g/mol. The van der Waals surface area contributed by atoms with Gasteiger partial charge in [-0.3, -0.25) is 4.79 Å². The minimum absolute atomic E-state index is 0.0374. The first-order valence-corrected chi connectivity index (χ1v) is 11.9. The summed E-state index contributed by atoms with van der Waals surface area (Å²) in [6.07, 6.45) is -1.72. The number of fused-ring (bicyclic) bond motifs is 3. The number of carboxylic acid groups (broad SMARTS) is 1. The lowest BCUT2D eigenvalue weighted by atomic mass is 9.98. The maximum Gasteiger partial charge on any atom is 0.407 e. The summed E-state index contributed by atoms with van der Waals surface area (Å²) in [7, 11) is 1.33. The predicted molar refractivity (Wildman–Crippen MR) is 139 cm³/mol. The quantitative estimate of drug-likeness (QED) is 0.336. The van der Waals surface area contributed by atoms with Gasteiger partial charge >= 0.3 is 12.1 Å². The number of benzene rings is 3. The molecule has 1 atom stereocenters. The summed E-state index contributed by atoms with van der Waals surface area (Å²) in [5, 5.41) is 14.5. The van der Waals surface area contributed by atoms with Gasteiger partial charge in [-0.25, -0.2) is 9.59 Å². The molecule has 0 heterocycles. The second kappa shape index (κ2) is 10.9. The lowest BCUT2D eigenvalue weighted by Gasteiger charge is -2.18. The van der Waals surface area contributed by atoms with E-state index in [1.165, 1.54) is 19.2 Å².